The van der Waals surface area contributed by atoms with E-state index in [9.17, 15) is 13.6 Å². The maximum Gasteiger partial charge on any atom is 0.154 e. The summed E-state index contributed by atoms with van der Waals surface area (Å²) < 4.78 is 26.6. The highest BCUT2D eigenvalue weighted by atomic mass is 19.1. The molecule has 0 fully saturated rings. The number of halogens is 2. The van der Waals surface area contributed by atoms with Crippen molar-refractivity contribution in [2.24, 2.45) is 11.7 Å². The van der Waals surface area contributed by atoms with Crippen molar-refractivity contribution in [1.29, 1.82) is 0 Å². The van der Waals surface area contributed by atoms with Gasteiger partial charge >= 0.3 is 0 Å². The third kappa shape index (κ3) is 3.33. The summed E-state index contributed by atoms with van der Waals surface area (Å²) in [6.45, 7) is 3.77. The summed E-state index contributed by atoms with van der Waals surface area (Å²) in [6.07, 6.45) is 0.469. The molecule has 0 aliphatic carbocycles. The minimum Gasteiger partial charge on any atom is -0.321 e. The van der Waals surface area contributed by atoms with E-state index in [1.165, 1.54) is 6.07 Å². The van der Waals surface area contributed by atoms with E-state index in [0.717, 1.165) is 18.6 Å². The van der Waals surface area contributed by atoms with Gasteiger partial charge in [0.15, 0.2) is 5.78 Å². The van der Waals surface area contributed by atoms with E-state index in [2.05, 4.69) is 0 Å². The molecule has 0 amide bonds. The van der Waals surface area contributed by atoms with Crippen molar-refractivity contribution in [3.8, 4) is 0 Å². The van der Waals surface area contributed by atoms with E-state index in [0.29, 0.717) is 0 Å². The topological polar surface area (TPSA) is 43.1 Å². The first-order chi connectivity index (χ1) is 7.97. The maximum absolute atomic E-state index is 13.3. The Labute approximate surface area is 99.8 Å². The molecule has 2 N–H and O–H groups in total. The van der Waals surface area contributed by atoms with E-state index in [1.807, 2.05) is 13.8 Å². The van der Waals surface area contributed by atoms with Gasteiger partial charge in [0.25, 0.3) is 0 Å². The predicted molar refractivity (Wildman–Crippen MR) is 62.5 cm³/mol. The summed E-state index contributed by atoms with van der Waals surface area (Å²) in [5, 5.41) is 0. The number of ketones is 1. The van der Waals surface area contributed by atoms with Gasteiger partial charge in [0.1, 0.15) is 11.6 Å². The lowest BCUT2D eigenvalue weighted by atomic mass is 9.93. The third-order valence-corrected chi connectivity index (χ3v) is 3.04. The molecule has 2 nitrogen and oxygen atoms in total. The molecule has 0 aromatic heterocycles. The summed E-state index contributed by atoms with van der Waals surface area (Å²) in [7, 11) is 0. The third-order valence-electron chi connectivity index (χ3n) is 3.04. The normalized spacial score (nSPS) is 14.4. The summed E-state index contributed by atoms with van der Waals surface area (Å²) in [4.78, 5) is 11.8. The van der Waals surface area contributed by atoms with Gasteiger partial charge in [-0.25, -0.2) is 8.78 Å². The molecule has 0 spiro atoms. The van der Waals surface area contributed by atoms with Gasteiger partial charge < -0.3 is 5.73 Å². The van der Waals surface area contributed by atoms with Crippen LogP contribution >= 0.6 is 0 Å². The molecule has 2 atom stereocenters. The summed E-state index contributed by atoms with van der Waals surface area (Å²) >= 11 is 0. The molecule has 1 aromatic carbocycles. The van der Waals surface area contributed by atoms with Crippen LogP contribution in [-0.4, -0.2) is 11.8 Å². The predicted octanol–water partition coefficient (Wildman–Crippen LogP) is 2.45. The van der Waals surface area contributed by atoms with Crippen molar-refractivity contribution in [2.75, 3.05) is 0 Å². The summed E-state index contributed by atoms with van der Waals surface area (Å²) in [6, 6.07) is 2.88. The van der Waals surface area contributed by atoms with Crippen molar-refractivity contribution in [1.82, 2.24) is 0 Å². The Morgan fingerprint density at radius 2 is 1.88 bits per heavy atom. The van der Waals surface area contributed by atoms with Crippen molar-refractivity contribution in [3.05, 3.63) is 35.4 Å². The lowest BCUT2D eigenvalue weighted by Gasteiger charge is -2.17. The molecule has 2 unspecified atom stereocenters. The van der Waals surface area contributed by atoms with Crippen LogP contribution in [0.25, 0.3) is 0 Å². The van der Waals surface area contributed by atoms with Gasteiger partial charge in [-0.05, 0) is 18.1 Å². The zero-order valence-corrected chi connectivity index (χ0v) is 10.0. The molecule has 94 valence electrons. The molecular formula is C13H17F2NO. The fraction of sp³-hybridized carbons (Fsp3) is 0.462. The Morgan fingerprint density at radius 1 is 1.35 bits per heavy atom. The van der Waals surface area contributed by atoms with Crippen LogP contribution in [0.3, 0.4) is 0 Å². The van der Waals surface area contributed by atoms with Crippen molar-refractivity contribution in [2.45, 2.75) is 32.7 Å². The van der Waals surface area contributed by atoms with Crippen molar-refractivity contribution in [3.63, 3.8) is 0 Å². The Kier molecular flexibility index (Phi) is 4.75. The molecule has 17 heavy (non-hydrogen) atoms. The molecule has 4 heteroatoms. The van der Waals surface area contributed by atoms with Crippen LogP contribution in [0.15, 0.2) is 18.2 Å². The second-order valence-corrected chi connectivity index (χ2v) is 4.25. The maximum atomic E-state index is 13.3. The minimum atomic E-state index is -0.699. The smallest absolute Gasteiger partial charge is 0.154 e. The van der Waals surface area contributed by atoms with E-state index < -0.39 is 17.7 Å². The van der Waals surface area contributed by atoms with Gasteiger partial charge in [-0.15, -0.1) is 0 Å². The lowest BCUT2D eigenvalue weighted by Crippen LogP contribution is -2.37. The quantitative estimate of drug-likeness (QED) is 0.860. The number of hydrogen-bond donors (Lipinski definition) is 1. The number of hydrogen-bond acceptors (Lipinski definition) is 2. The van der Waals surface area contributed by atoms with E-state index in [1.54, 1.807) is 0 Å². The molecule has 0 aliphatic rings. The first-order valence-electron chi connectivity index (χ1n) is 5.68. The Morgan fingerprint density at radius 3 is 2.35 bits per heavy atom. The number of Topliss-reactive ketones (excluding diaryl/α,β-unsaturated/α-hetero) is 1. The zero-order chi connectivity index (χ0) is 13.0. The van der Waals surface area contributed by atoms with Crippen LogP contribution in [0.5, 0.6) is 0 Å². The number of nitrogens with two attached hydrogens (primary N) is 1. The molecule has 0 saturated carbocycles. The Bertz CT molecular complexity index is 386. The number of rotatable bonds is 5. The van der Waals surface area contributed by atoms with Crippen LogP contribution in [0, 0.1) is 17.6 Å². The molecule has 0 heterocycles. The molecule has 0 saturated heterocycles. The van der Waals surface area contributed by atoms with Gasteiger partial charge in [-0.1, -0.05) is 26.3 Å². The fourth-order valence-electron chi connectivity index (χ4n) is 1.56. The number of carbonyl (C=O) groups is 1. The first-order valence-corrected chi connectivity index (χ1v) is 5.68. The van der Waals surface area contributed by atoms with Crippen molar-refractivity contribution >= 4 is 5.78 Å². The lowest BCUT2D eigenvalue weighted by molar-refractivity contribution is -0.120. The number of carbonyl (C=O) groups excluding carboxylic acids is 1. The van der Waals surface area contributed by atoms with Crippen LogP contribution in [0.4, 0.5) is 8.78 Å². The van der Waals surface area contributed by atoms with Gasteiger partial charge in [0, 0.05) is 12.0 Å². The van der Waals surface area contributed by atoms with E-state index in [4.69, 9.17) is 5.73 Å². The average molecular weight is 241 g/mol. The highest BCUT2D eigenvalue weighted by molar-refractivity contribution is 5.86. The SMILES string of the molecule is CCC(C)C(N)C(=O)Cc1c(F)cccc1F. The molecule has 0 aliphatic heterocycles. The van der Waals surface area contributed by atoms with Gasteiger partial charge in [0.05, 0.1) is 6.04 Å². The summed E-state index contributed by atoms with van der Waals surface area (Å²) in [5.41, 5.74) is 5.53. The molecular weight excluding hydrogens is 224 g/mol. The number of benzene rings is 1. The molecule has 0 radical (unpaired) electrons. The average Bonchev–Trinajstić information content (AvgIpc) is 2.31. The van der Waals surface area contributed by atoms with Crippen LogP contribution < -0.4 is 5.73 Å². The monoisotopic (exact) mass is 241 g/mol. The zero-order valence-electron chi connectivity index (χ0n) is 10.0. The Balaban J connectivity index is 2.81. The fourth-order valence-corrected chi connectivity index (χ4v) is 1.56. The van der Waals surface area contributed by atoms with E-state index in [-0.39, 0.29) is 23.7 Å². The standard InChI is InChI=1S/C13H17F2NO/c1-3-8(2)13(16)12(17)7-9-10(14)5-4-6-11(9)15/h4-6,8,13H,3,7,16H2,1-2H3. The van der Waals surface area contributed by atoms with Crippen LogP contribution in [0.1, 0.15) is 25.8 Å². The molecule has 1 aromatic rings. The highest BCUT2D eigenvalue weighted by Crippen LogP contribution is 2.15. The first kappa shape index (κ1) is 13.8. The summed E-state index contributed by atoms with van der Waals surface area (Å²) in [5.74, 6) is -1.72. The van der Waals surface area contributed by atoms with Gasteiger partial charge in [0.2, 0.25) is 0 Å². The Hall–Kier alpha value is -1.29. The van der Waals surface area contributed by atoms with Crippen molar-refractivity contribution < 1.29 is 13.6 Å². The van der Waals surface area contributed by atoms with Gasteiger partial charge in [-0.2, -0.15) is 0 Å². The molecule has 0 bridgehead atoms. The second kappa shape index (κ2) is 5.87. The van der Waals surface area contributed by atoms with Gasteiger partial charge in [-0.3, -0.25) is 4.79 Å². The largest absolute Gasteiger partial charge is 0.321 e. The van der Waals surface area contributed by atoms with Crippen LogP contribution in [0.2, 0.25) is 0 Å². The minimum absolute atomic E-state index is 0.0114. The second-order valence-electron chi connectivity index (χ2n) is 4.25. The molecule has 1 rings (SSSR count). The van der Waals surface area contributed by atoms with E-state index >= 15 is 0 Å². The highest BCUT2D eigenvalue weighted by Gasteiger charge is 2.22. The van der Waals surface area contributed by atoms with Crippen LogP contribution in [-0.2, 0) is 11.2 Å².